The number of methoxy groups -OCH3 is 1. The summed E-state index contributed by atoms with van der Waals surface area (Å²) in [6.07, 6.45) is 0. The number of amides is 1. The molecule has 1 N–H and O–H groups in total. The van der Waals surface area contributed by atoms with Gasteiger partial charge in [-0.05, 0) is 57.2 Å². The molecule has 0 atom stereocenters. The molecule has 2 aromatic carbocycles. The van der Waals surface area contributed by atoms with Gasteiger partial charge in [-0.1, -0.05) is 30.0 Å². The molecule has 3 aromatic rings. The van der Waals surface area contributed by atoms with Crippen LogP contribution < -0.4 is 10.1 Å². The minimum atomic E-state index is -0.715. The Balaban J connectivity index is 1.81. The van der Waals surface area contributed by atoms with Crippen molar-refractivity contribution in [3.05, 3.63) is 54.6 Å². The molecule has 1 heterocycles. The maximum atomic E-state index is 12.8. The Kier molecular flexibility index (Phi) is 6.04. The molecular formula is C21H24N4O2S. The SMILES string of the molecule is CCn1c(SC(C)(C)C(=O)Nc2ccccc2)nnc1-c1ccc(OC)cc1. The summed E-state index contributed by atoms with van der Waals surface area (Å²) in [7, 11) is 1.64. The lowest BCUT2D eigenvalue weighted by Crippen LogP contribution is -2.34. The number of nitrogens with one attached hydrogen (secondary N) is 1. The predicted molar refractivity (Wildman–Crippen MR) is 113 cm³/mol. The van der Waals surface area contributed by atoms with Gasteiger partial charge >= 0.3 is 0 Å². The van der Waals surface area contributed by atoms with Gasteiger partial charge in [0.1, 0.15) is 5.75 Å². The summed E-state index contributed by atoms with van der Waals surface area (Å²) in [6, 6.07) is 17.1. The molecule has 0 aliphatic carbocycles. The van der Waals surface area contributed by atoms with Crippen LogP contribution in [0.2, 0.25) is 0 Å². The van der Waals surface area contributed by atoms with Crippen molar-refractivity contribution in [1.29, 1.82) is 0 Å². The average Bonchev–Trinajstić information content (AvgIpc) is 3.10. The first kappa shape index (κ1) is 19.9. The van der Waals surface area contributed by atoms with E-state index in [1.54, 1.807) is 7.11 Å². The second-order valence-corrected chi connectivity index (χ2v) is 8.30. The molecular weight excluding hydrogens is 372 g/mol. The maximum Gasteiger partial charge on any atom is 0.240 e. The number of carbonyl (C=O) groups excluding carboxylic acids is 1. The Morgan fingerprint density at radius 2 is 1.79 bits per heavy atom. The molecule has 0 saturated carbocycles. The number of nitrogens with zero attached hydrogens (tertiary/aromatic N) is 3. The first-order valence-electron chi connectivity index (χ1n) is 9.07. The van der Waals surface area contributed by atoms with Crippen LogP contribution in [-0.2, 0) is 11.3 Å². The third kappa shape index (κ3) is 4.36. The van der Waals surface area contributed by atoms with Gasteiger partial charge in [0.15, 0.2) is 11.0 Å². The highest BCUT2D eigenvalue weighted by molar-refractivity contribution is 8.01. The Morgan fingerprint density at radius 1 is 1.11 bits per heavy atom. The summed E-state index contributed by atoms with van der Waals surface area (Å²) in [6.45, 7) is 6.51. The van der Waals surface area contributed by atoms with E-state index in [1.165, 1.54) is 11.8 Å². The van der Waals surface area contributed by atoms with Crippen LogP contribution in [0.5, 0.6) is 5.75 Å². The van der Waals surface area contributed by atoms with Gasteiger partial charge < -0.3 is 14.6 Å². The predicted octanol–water partition coefficient (Wildman–Crippen LogP) is 4.48. The van der Waals surface area contributed by atoms with E-state index in [-0.39, 0.29) is 5.91 Å². The number of rotatable bonds is 7. The van der Waals surface area contributed by atoms with E-state index < -0.39 is 4.75 Å². The molecule has 0 spiro atoms. The van der Waals surface area contributed by atoms with E-state index in [4.69, 9.17) is 4.74 Å². The van der Waals surface area contributed by atoms with Crippen molar-refractivity contribution in [2.45, 2.75) is 37.2 Å². The normalized spacial score (nSPS) is 11.3. The zero-order valence-electron chi connectivity index (χ0n) is 16.5. The number of ether oxygens (including phenoxy) is 1. The fourth-order valence-electron chi connectivity index (χ4n) is 2.68. The van der Waals surface area contributed by atoms with Crippen LogP contribution in [0, 0.1) is 0 Å². The van der Waals surface area contributed by atoms with Crippen LogP contribution in [0.1, 0.15) is 20.8 Å². The van der Waals surface area contributed by atoms with E-state index in [2.05, 4.69) is 15.5 Å². The number of benzene rings is 2. The Morgan fingerprint density at radius 3 is 2.39 bits per heavy atom. The third-order valence-electron chi connectivity index (χ3n) is 4.31. The van der Waals surface area contributed by atoms with Crippen LogP contribution in [0.4, 0.5) is 5.69 Å². The molecule has 6 nitrogen and oxygen atoms in total. The summed E-state index contributed by atoms with van der Waals surface area (Å²) in [5, 5.41) is 12.4. The van der Waals surface area contributed by atoms with Crippen molar-refractivity contribution >= 4 is 23.4 Å². The molecule has 1 amide bonds. The van der Waals surface area contributed by atoms with Crippen molar-refractivity contribution < 1.29 is 9.53 Å². The van der Waals surface area contributed by atoms with Gasteiger partial charge in [-0.15, -0.1) is 10.2 Å². The molecule has 146 valence electrons. The standard InChI is InChI=1S/C21H24N4O2S/c1-5-25-18(15-11-13-17(27-4)14-12-15)23-24-20(25)28-21(2,3)19(26)22-16-9-7-6-8-10-16/h6-14H,5H2,1-4H3,(H,22,26). The first-order valence-corrected chi connectivity index (χ1v) is 9.89. The summed E-state index contributed by atoms with van der Waals surface area (Å²) in [5.74, 6) is 1.48. The quantitative estimate of drug-likeness (QED) is 0.596. The molecule has 3 rings (SSSR count). The molecule has 28 heavy (non-hydrogen) atoms. The second kappa shape index (κ2) is 8.48. The molecule has 0 aliphatic rings. The Hall–Kier alpha value is -2.80. The largest absolute Gasteiger partial charge is 0.497 e. The minimum absolute atomic E-state index is 0.0830. The summed E-state index contributed by atoms with van der Waals surface area (Å²) in [4.78, 5) is 12.8. The zero-order valence-corrected chi connectivity index (χ0v) is 17.3. The number of para-hydroxylation sites is 1. The lowest BCUT2D eigenvalue weighted by Gasteiger charge is -2.22. The zero-order chi connectivity index (χ0) is 20.1. The van der Waals surface area contributed by atoms with E-state index in [0.717, 1.165) is 22.8 Å². The van der Waals surface area contributed by atoms with Crippen molar-refractivity contribution in [1.82, 2.24) is 14.8 Å². The van der Waals surface area contributed by atoms with E-state index in [0.29, 0.717) is 11.7 Å². The number of aromatic nitrogens is 3. The van der Waals surface area contributed by atoms with Gasteiger partial charge in [0.05, 0.1) is 11.9 Å². The van der Waals surface area contributed by atoms with Gasteiger partial charge in [0, 0.05) is 17.8 Å². The van der Waals surface area contributed by atoms with Crippen molar-refractivity contribution in [2.24, 2.45) is 0 Å². The number of hydrogen-bond donors (Lipinski definition) is 1. The van der Waals surface area contributed by atoms with Crippen LogP contribution in [0.15, 0.2) is 59.8 Å². The number of carbonyl (C=O) groups is 1. The average molecular weight is 397 g/mol. The van der Waals surface area contributed by atoms with Crippen LogP contribution >= 0.6 is 11.8 Å². The van der Waals surface area contributed by atoms with Gasteiger partial charge in [-0.2, -0.15) is 0 Å². The maximum absolute atomic E-state index is 12.8. The number of anilines is 1. The second-order valence-electron chi connectivity index (χ2n) is 6.71. The minimum Gasteiger partial charge on any atom is -0.497 e. The smallest absolute Gasteiger partial charge is 0.240 e. The third-order valence-corrected chi connectivity index (χ3v) is 5.49. The van der Waals surface area contributed by atoms with Crippen molar-refractivity contribution in [3.8, 4) is 17.1 Å². The highest BCUT2D eigenvalue weighted by Crippen LogP contribution is 2.34. The van der Waals surface area contributed by atoms with Gasteiger partial charge in [-0.3, -0.25) is 4.79 Å². The van der Waals surface area contributed by atoms with Crippen LogP contribution in [0.3, 0.4) is 0 Å². The monoisotopic (exact) mass is 396 g/mol. The van der Waals surface area contributed by atoms with Gasteiger partial charge in [-0.25, -0.2) is 0 Å². The molecule has 0 aliphatic heterocycles. The van der Waals surface area contributed by atoms with Crippen LogP contribution in [0.25, 0.3) is 11.4 Å². The lowest BCUT2D eigenvalue weighted by molar-refractivity contribution is -0.117. The van der Waals surface area contributed by atoms with Crippen molar-refractivity contribution in [3.63, 3.8) is 0 Å². The number of hydrogen-bond acceptors (Lipinski definition) is 5. The molecule has 0 fully saturated rings. The van der Waals surface area contributed by atoms with Gasteiger partial charge in [0.25, 0.3) is 0 Å². The lowest BCUT2D eigenvalue weighted by atomic mass is 10.2. The highest BCUT2D eigenvalue weighted by Gasteiger charge is 2.32. The molecule has 0 unspecified atom stereocenters. The summed E-state index contributed by atoms with van der Waals surface area (Å²) < 4.78 is 6.52. The van der Waals surface area contributed by atoms with Crippen molar-refractivity contribution in [2.75, 3.05) is 12.4 Å². The number of thioether (sulfide) groups is 1. The van der Waals surface area contributed by atoms with Gasteiger partial charge in [0.2, 0.25) is 5.91 Å². The molecule has 0 saturated heterocycles. The van der Waals surface area contributed by atoms with Crippen LogP contribution in [-0.4, -0.2) is 32.5 Å². The molecule has 0 radical (unpaired) electrons. The van der Waals surface area contributed by atoms with E-state index >= 15 is 0 Å². The first-order chi connectivity index (χ1) is 13.4. The fraction of sp³-hybridized carbons (Fsp3) is 0.286. The molecule has 1 aromatic heterocycles. The summed E-state index contributed by atoms with van der Waals surface area (Å²) in [5.41, 5.74) is 1.73. The van der Waals surface area contributed by atoms with E-state index in [1.807, 2.05) is 79.9 Å². The molecule has 7 heteroatoms. The Bertz CT molecular complexity index is 937. The highest BCUT2D eigenvalue weighted by atomic mass is 32.2. The molecule has 0 bridgehead atoms. The van der Waals surface area contributed by atoms with E-state index in [9.17, 15) is 4.79 Å². The topological polar surface area (TPSA) is 69.0 Å². The fourth-order valence-corrected chi connectivity index (χ4v) is 3.69. The Labute approximate surface area is 169 Å². The summed E-state index contributed by atoms with van der Waals surface area (Å²) >= 11 is 1.40.